The van der Waals surface area contributed by atoms with Crippen molar-refractivity contribution in [1.82, 2.24) is 10.1 Å². The molecule has 0 unspecified atom stereocenters. The molecule has 3 rings (SSSR count). The molecule has 0 spiro atoms. The van der Waals surface area contributed by atoms with Crippen LogP contribution in [0.15, 0.2) is 22.0 Å². The Morgan fingerprint density at radius 3 is 3.00 bits per heavy atom. The summed E-state index contributed by atoms with van der Waals surface area (Å²) >= 11 is 1.50. The fourth-order valence-corrected chi connectivity index (χ4v) is 3.50. The minimum atomic E-state index is 0.112. The van der Waals surface area contributed by atoms with E-state index in [2.05, 4.69) is 5.16 Å². The molecule has 3 heterocycles. The first-order valence-corrected chi connectivity index (χ1v) is 7.33. The lowest BCUT2D eigenvalue weighted by molar-refractivity contribution is 0.0739. The number of hydrogen-bond donors (Lipinski definition) is 0. The summed E-state index contributed by atoms with van der Waals surface area (Å²) in [6, 6.07) is 3.91. The van der Waals surface area contributed by atoms with E-state index >= 15 is 0 Å². The van der Waals surface area contributed by atoms with Gasteiger partial charge in [0.15, 0.2) is 0 Å². The largest absolute Gasteiger partial charge is 0.361 e. The Morgan fingerprint density at radius 1 is 1.53 bits per heavy atom. The molecule has 0 N–H and O–H groups in total. The van der Waals surface area contributed by atoms with E-state index in [-0.39, 0.29) is 11.9 Å². The van der Waals surface area contributed by atoms with Gasteiger partial charge in [0.2, 0.25) is 0 Å². The highest BCUT2D eigenvalue weighted by atomic mass is 32.1. The second-order valence-corrected chi connectivity index (χ2v) is 5.82. The number of aromatic nitrogens is 1. The van der Waals surface area contributed by atoms with Crippen LogP contribution in [-0.4, -0.2) is 22.5 Å². The lowest BCUT2D eigenvalue weighted by Crippen LogP contribution is -2.30. The third-order valence-electron chi connectivity index (χ3n) is 3.67. The molecule has 1 saturated heterocycles. The first-order chi connectivity index (χ1) is 9.18. The summed E-state index contributed by atoms with van der Waals surface area (Å²) in [5.41, 5.74) is 1.98. The van der Waals surface area contributed by atoms with Crippen LogP contribution in [0.1, 0.15) is 45.6 Å². The molecule has 0 aliphatic carbocycles. The van der Waals surface area contributed by atoms with Crippen LogP contribution in [0.3, 0.4) is 0 Å². The van der Waals surface area contributed by atoms with Crippen LogP contribution < -0.4 is 0 Å². The van der Waals surface area contributed by atoms with E-state index in [1.165, 1.54) is 11.3 Å². The minimum absolute atomic E-state index is 0.112. The van der Waals surface area contributed by atoms with Crippen molar-refractivity contribution in [3.05, 3.63) is 39.4 Å². The van der Waals surface area contributed by atoms with E-state index in [1.54, 1.807) is 0 Å². The number of nitrogens with zero attached hydrogens (tertiary/aromatic N) is 2. The average Bonchev–Trinajstić information content (AvgIpc) is 3.10. The van der Waals surface area contributed by atoms with Crippen molar-refractivity contribution >= 4 is 17.2 Å². The summed E-state index contributed by atoms with van der Waals surface area (Å²) in [6.07, 6.45) is 2.02. The lowest BCUT2D eigenvalue weighted by Gasteiger charge is -2.24. The number of amides is 1. The topological polar surface area (TPSA) is 46.3 Å². The number of rotatable bonds is 2. The number of likely N-dealkylation sites (tertiary alicyclic amines) is 1. The predicted molar refractivity (Wildman–Crippen MR) is 73.3 cm³/mol. The van der Waals surface area contributed by atoms with Gasteiger partial charge in [0, 0.05) is 12.1 Å². The van der Waals surface area contributed by atoms with Crippen molar-refractivity contribution in [1.29, 1.82) is 0 Å². The van der Waals surface area contributed by atoms with Crippen LogP contribution in [0.4, 0.5) is 0 Å². The molecular weight excluding hydrogens is 260 g/mol. The zero-order chi connectivity index (χ0) is 13.4. The molecule has 5 heteroatoms. The zero-order valence-electron chi connectivity index (χ0n) is 11.0. The maximum atomic E-state index is 12.5. The molecule has 2 aromatic heterocycles. The zero-order valence-corrected chi connectivity index (χ0v) is 11.9. The van der Waals surface area contributed by atoms with E-state index in [9.17, 15) is 4.79 Å². The Bertz CT molecular complexity index is 569. The molecule has 1 amide bonds. The van der Waals surface area contributed by atoms with Crippen LogP contribution in [0.2, 0.25) is 0 Å². The van der Waals surface area contributed by atoms with E-state index in [4.69, 9.17) is 4.52 Å². The minimum Gasteiger partial charge on any atom is -0.361 e. The Labute approximate surface area is 116 Å². The molecule has 1 atom stereocenters. The number of aryl methyl sites for hydroxylation is 2. The molecular formula is C14H16N2O2S. The lowest BCUT2D eigenvalue weighted by atomic mass is 10.0. The molecule has 2 aromatic rings. The maximum Gasteiger partial charge on any atom is 0.264 e. The van der Waals surface area contributed by atoms with Crippen LogP contribution in [0.25, 0.3) is 0 Å². The first-order valence-electron chi connectivity index (χ1n) is 6.45. The predicted octanol–water partition coefficient (Wildman–Crippen LogP) is 3.33. The van der Waals surface area contributed by atoms with Crippen LogP contribution >= 0.6 is 11.3 Å². The van der Waals surface area contributed by atoms with E-state index in [0.29, 0.717) is 0 Å². The van der Waals surface area contributed by atoms with Gasteiger partial charge in [-0.2, -0.15) is 0 Å². The van der Waals surface area contributed by atoms with Crippen molar-refractivity contribution in [3.63, 3.8) is 0 Å². The van der Waals surface area contributed by atoms with Gasteiger partial charge >= 0.3 is 0 Å². The van der Waals surface area contributed by atoms with Crippen LogP contribution in [-0.2, 0) is 0 Å². The van der Waals surface area contributed by atoms with Crippen LogP contribution in [0, 0.1) is 13.8 Å². The fraction of sp³-hybridized carbons (Fsp3) is 0.429. The summed E-state index contributed by atoms with van der Waals surface area (Å²) in [5, 5.41) is 5.95. The highest BCUT2D eigenvalue weighted by molar-refractivity contribution is 7.12. The number of hydrogen-bond acceptors (Lipinski definition) is 4. The van der Waals surface area contributed by atoms with E-state index in [0.717, 1.165) is 41.3 Å². The standard InChI is InChI=1S/C14H16N2O2S/c1-9-13(10(2)18-15-9)11-5-3-7-16(11)14(17)12-6-4-8-19-12/h4,6,8,11H,3,5,7H2,1-2H3/t11-/m0/s1. The smallest absolute Gasteiger partial charge is 0.264 e. The SMILES string of the molecule is Cc1noc(C)c1[C@@H]1CCCN1C(=O)c1cccs1. The summed E-state index contributed by atoms with van der Waals surface area (Å²) in [4.78, 5) is 15.3. The van der Waals surface area contributed by atoms with E-state index < -0.39 is 0 Å². The molecule has 100 valence electrons. The van der Waals surface area contributed by atoms with Gasteiger partial charge < -0.3 is 9.42 Å². The van der Waals surface area contributed by atoms with Crippen molar-refractivity contribution in [2.75, 3.05) is 6.54 Å². The van der Waals surface area contributed by atoms with Crippen molar-refractivity contribution in [2.24, 2.45) is 0 Å². The summed E-state index contributed by atoms with van der Waals surface area (Å²) in [7, 11) is 0. The summed E-state index contributed by atoms with van der Waals surface area (Å²) in [5.74, 6) is 0.950. The van der Waals surface area contributed by atoms with Gasteiger partial charge in [0.05, 0.1) is 16.6 Å². The van der Waals surface area contributed by atoms with Gasteiger partial charge in [0.25, 0.3) is 5.91 Å². The molecule has 0 saturated carbocycles. The van der Waals surface area contributed by atoms with Gasteiger partial charge in [-0.05, 0) is 38.1 Å². The van der Waals surface area contributed by atoms with Gasteiger partial charge in [-0.15, -0.1) is 11.3 Å². The molecule has 0 bridgehead atoms. The Kier molecular flexibility index (Phi) is 3.14. The molecule has 0 radical (unpaired) electrons. The average molecular weight is 276 g/mol. The van der Waals surface area contributed by atoms with Crippen molar-refractivity contribution < 1.29 is 9.32 Å². The second kappa shape index (κ2) is 4.81. The number of thiophene rings is 1. The Balaban J connectivity index is 1.92. The van der Waals surface area contributed by atoms with Gasteiger partial charge in [-0.3, -0.25) is 4.79 Å². The van der Waals surface area contributed by atoms with Gasteiger partial charge in [-0.25, -0.2) is 0 Å². The normalized spacial score (nSPS) is 19.1. The molecule has 0 aromatic carbocycles. The molecule has 4 nitrogen and oxygen atoms in total. The van der Waals surface area contributed by atoms with Crippen molar-refractivity contribution in [3.8, 4) is 0 Å². The molecule has 19 heavy (non-hydrogen) atoms. The first kappa shape index (κ1) is 12.4. The highest BCUT2D eigenvalue weighted by Crippen LogP contribution is 2.36. The number of carbonyl (C=O) groups is 1. The number of carbonyl (C=O) groups excluding carboxylic acids is 1. The van der Waals surface area contributed by atoms with Gasteiger partial charge in [-0.1, -0.05) is 11.2 Å². The Hall–Kier alpha value is -1.62. The Morgan fingerprint density at radius 2 is 2.37 bits per heavy atom. The third kappa shape index (κ3) is 2.08. The summed E-state index contributed by atoms with van der Waals surface area (Å²) < 4.78 is 5.24. The quantitative estimate of drug-likeness (QED) is 0.845. The second-order valence-electron chi connectivity index (χ2n) is 4.87. The van der Waals surface area contributed by atoms with Crippen molar-refractivity contribution in [2.45, 2.75) is 32.7 Å². The summed E-state index contributed by atoms with van der Waals surface area (Å²) in [6.45, 7) is 4.67. The molecule has 1 aliphatic rings. The highest BCUT2D eigenvalue weighted by Gasteiger charge is 2.34. The van der Waals surface area contributed by atoms with Crippen LogP contribution in [0.5, 0.6) is 0 Å². The van der Waals surface area contributed by atoms with Gasteiger partial charge in [0.1, 0.15) is 5.76 Å². The third-order valence-corrected chi connectivity index (χ3v) is 4.53. The fourth-order valence-electron chi connectivity index (χ4n) is 2.82. The van der Waals surface area contributed by atoms with E-state index in [1.807, 2.05) is 36.3 Å². The molecule has 1 aliphatic heterocycles. The maximum absolute atomic E-state index is 12.5. The molecule has 1 fully saturated rings. The monoisotopic (exact) mass is 276 g/mol.